The van der Waals surface area contributed by atoms with E-state index in [2.05, 4.69) is 5.18 Å². The van der Waals surface area contributed by atoms with Crippen molar-refractivity contribution in [3.63, 3.8) is 0 Å². The van der Waals surface area contributed by atoms with Crippen molar-refractivity contribution >= 4 is 11.6 Å². The smallest absolute Gasteiger partial charge is 0.248 e. The predicted molar refractivity (Wildman–Crippen MR) is 47.0 cm³/mol. The van der Waals surface area contributed by atoms with Crippen LogP contribution in [0.4, 0.5) is 5.69 Å². The molecule has 1 amide bonds. The largest absolute Gasteiger partial charge is 0.494 e. The van der Waals surface area contributed by atoms with Gasteiger partial charge in [-0.3, -0.25) is 4.79 Å². The fourth-order valence-corrected chi connectivity index (χ4v) is 0.906. The molecule has 0 aliphatic heterocycles. The molecule has 0 bridgehead atoms. The Balaban J connectivity index is 3.20. The monoisotopic (exact) mass is 180 g/mol. The standard InChI is InChI=1S/C8H8N2O3/c1-13-7-4-5(8(9)11)2-3-6(7)10-12/h2-4H,1H3,(H2,9,11). The Morgan fingerprint density at radius 1 is 1.54 bits per heavy atom. The molecule has 0 fully saturated rings. The van der Waals surface area contributed by atoms with Gasteiger partial charge in [0.1, 0.15) is 11.4 Å². The average Bonchev–Trinajstić information content (AvgIpc) is 2.16. The van der Waals surface area contributed by atoms with Crippen molar-refractivity contribution in [2.45, 2.75) is 0 Å². The first-order valence-corrected chi connectivity index (χ1v) is 3.50. The van der Waals surface area contributed by atoms with Crippen molar-refractivity contribution in [2.75, 3.05) is 7.11 Å². The van der Waals surface area contributed by atoms with Crippen molar-refractivity contribution in [3.8, 4) is 5.75 Å². The summed E-state index contributed by atoms with van der Waals surface area (Å²) in [5, 5.41) is 2.71. The number of rotatable bonds is 3. The Labute approximate surface area is 74.5 Å². The number of nitrogens with zero attached hydrogens (tertiary/aromatic N) is 1. The lowest BCUT2D eigenvalue weighted by Crippen LogP contribution is -2.10. The van der Waals surface area contributed by atoms with Gasteiger partial charge in [-0.2, -0.15) is 0 Å². The Morgan fingerprint density at radius 2 is 2.23 bits per heavy atom. The zero-order chi connectivity index (χ0) is 9.84. The van der Waals surface area contributed by atoms with E-state index in [0.717, 1.165) is 0 Å². The van der Waals surface area contributed by atoms with Gasteiger partial charge < -0.3 is 10.5 Å². The van der Waals surface area contributed by atoms with Gasteiger partial charge in [0.2, 0.25) is 5.91 Å². The first kappa shape index (κ1) is 9.18. The van der Waals surface area contributed by atoms with Gasteiger partial charge in [0.05, 0.1) is 7.11 Å². The first-order chi connectivity index (χ1) is 6.19. The van der Waals surface area contributed by atoms with E-state index in [1.807, 2.05) is 0 Å². The van der Waals surface area contributed by atoms with Crippen molar-refractivity contribution in [1.82, 2.24) is 0 Å². The highest BCUT2D eigenvalue weighted by molar-refractivity contribution is 5.93. The van der Waals surface area contributed by atoms with Crippen LogP contribution in [0, 0.1) is 4.91 Å². The lowest BCUT2D eigenvalue weighted by Gasteiger charge is -2.02. The van der Waals surface area contributed by atoms with Gasteiger partial charge in [-0.25, -0.2) is 0 Å². The van der Waals surface area contributed by atoms with E-state index in [-0.39, 0.29) is 17.0 Å². The van der Waals surface area contributed by atoms with E-state index in [0.29, 0.717) is 0 Å². The number of nitroso groups, excluding NO2 is 1. The van der Waals surface area contributed by atoms with E-state index in [4.69, 9.17) is 10.5 Å². The molecule has 0 aliphatic rings. The van der Waals surface area contributed by atoms with Crippen LogP contribution in [0.15, 0.2) is 23.4 Å². The van der Waals surface area contributed by atoms with Gasteiger partial charge in [0, 0.05) is 5.56 Å². The normalized spacial score (nSPS) is 9.31. The van der Waals surface area contributed by atoms with Gasteiger partial charge in [-0.15, -0.1) is 4.91 Å². The van der Waals surface area contributed by atoms with Crippen molar-refractivity contribution in [2.24, 2.45) is 10.9 Å². The third kappa shape index (κ3) is 1.81. The molecule has 0 atom stereocenters. The summed E-state index contributed by atoms with van der Waals surface area (Å²) in [5.74, 6) is -0.331. The molecule has 0 saturated carbocycles. The van der Waals surface area contributed by atoms with Crippen molar-refractivity contribution in [3.05, 3.63) is 28.7 Å². The summed E-state index contributed by atoms with van der Waals surface area (Å²) < 4.78 is 4.83. The highest BCUT2D eigenvalue weighted by Crippen LogP contribution is 2.27. The average molecular weight is 180 g/mol. The second-order valence-electron chi connectivity index (χ2n) is 2.34. The Kier molecular flexibility index (Phi) is 2.59. The molecule has 1 aromatic rings. The van der Waals surface area contributed by atoms with Crippen LogP contribution in [0.2, 0.25) is 0 Å². The third-order valence-electron chi connectivity index (χ3n) is 1.56. The molecular formula is C8H8N2O3. The maximum Gasteiger partial charge on any atom is 0.248 e. The molecule has 1 rings (SSSR count). The molecule has 13 heavy (non-hydrogen) atoms. The maximum atomic E-state index is 10.7. The zero-order valence-corrected chi connectivity index (χ0v) is 6.98. The minimum Gasteiger partial charge on any atom is -0.494 e. The van der Waals surface area contributed by atoms with Crippen LogP contribution in [-0.2, 0) is 0 Å². The molecule has 5 nitrogen and oxygen atoms in total. The molecule has 5 heteroatoms. The minimum atomic E-state index is -0.573. The van der Waals surface area contributed by atoms with Gasteiger partial charge in [-0.1, -0.05) is 0 Å². The molecule has 0 saturated heterocycles. The molecule has 68 valence electrons. The number of hydrogen-bond donors (Lipinski definition) is 1. The van der Waals surface area contributed by atoms with Gasteiger partial charge in [0.15, 0.2) is 0 Å². The summed E-state index contributed by atoms with van der Waals surface area (Å²) >= 11 is 0. The SMILES string of the molecule is COc1cc(C(N)=O)ccc1N=O. The van der Waals surface area contributed by atoms with Gasteiger partial charge >= 0.3 is 0 Å². The summed E-state index contributed by atoms with van der Waals surface area (Å²) in [6, 6.07) is 4.17. The Morgan fingerprint density at radius 3 is 2.69 bits per heavy atom. The predicted octanol–water partition coefficient (Wildman–Crippen LogP) is 1.19. The highest BCUT2D eigenvalue weighted by Gasteiger charge is 2.07. The number of methoxy groups -OCH3 is 1. The molecule has 1 aromatic carbocycles. The first-order valence-electron chi connectivity index (χ1n) is 3.50. The number of carbonyl (C=O) groups excluding carboxylic acids is 1. The molecule has 0 aliphatic carbocycles. The molecule has 0 heterocycles. The molecule has 2 N–H and O–H groups in total. The number of ether oxygens (including phenoxy) is 1. The molecular weight excluding hydrogens is 172 g/mol. The number of hydrogen-bond acceptors (Lipinski definition) is 4. The van der Waals surface area contributed by atoms with Gasteiger partial charge in [-0.05, 0) is 23.4 Å². The maximum absolute atomic E-state index is 10.7. The number of primary amides is 1. The molecule has 0 aromatic heterocycles. The highest BCUT2D eigenvalue weighted by atomic mass is 16.5. The van der Waals surface area contributed by atoms with Crippen LogP contribution < -0.4 is 10.5 Å². The van der Waals surface area contributed by atoms with Crippen LogP contribution in [-0.4, -0.2) is 13.0 Å². The van der Waals surface area contributed by atoms with Crippen LogP contribution in [0.3, 0.4) is 0 Å². The van der Waals surface area contributed by atoms with Crippen molar-refractivity contribution in [1.29, 1.82) is 0 Å². The fraction of sp³-hybridized carbons (Fsp3) is 0.125. The summed E-state index contributed by atoms with van der Waals surface area (Å²) in [5.41, 5.74) is 5.45. The molecule has 0 spiro atoms. The number of carbonyl (C=O) groups is 1. The summed E-state index contributed by atoms with van der Waals surface area (Å²) in [6.45, 7) is 0. The second kappa shape index (κ2) is 3.66. The van der Waals surface area contributed by atoms with E-state index < -0.39 is 5.91 Å². The topological polar surface area (TPSA) is 81.8 Å². The van der Waals surface area contributed by atoms with Crippen LogP contribution in [0.1, 0.15) is 10.4 Å². The fourth-order valence-electron chi connectivity index (χ4n) is 0.906. The molecule has 0 unspecified atom stereocenters. The number of nitrogens with two attached hydrogens (primary N) is 1. The number of amides is 1. The summed E-state index contributed by atoms with van der Waals surface area (Å²) in [7, 11) is 1.38. The van der Waals surface area contributed by atoms with E-state index in [1.54, 1.807) is 0 Å². The van der Waals surface area contributed by atoms with E-state index >= 15 is 0 Å². The third-order valence-corrected chi connectivity index (χ3v) is 1.56. The quantitative estimate of drug-likeness (QED) is 0.709. The summed E-state index contributed by atoms with van der Waals surface area (Å²) in [4.78, 5) is 20.9. The van der Waals surface area contributed by atoms with Crippen molar-refractivity contribution < 1.29 is 9.53 Å². The van der Waals surface area contributed by atoms with Crippen LogP contribution in [0.5, 0.6) is 5.75 Å². The van der Waals surface area contributed by atoms with Crippen LogP contribution in [0.25, 0.3) is 0 Å². The zero-order valence-electron chi connectivity index (χ0n) is 6.98. The van der Waals surface area contributed by atoms with Crippen LogP contribution >= 0.6 is 0 Å². The van der Waals surface area contributed by atoms with Gasteiger partial charge in [0.25, 0.3) is 0 Å². The van der Waals surface area contributed by atoms with E-state index in [9.17, 15) is 9.70 Å². The minimum absolute atomic E-state index is 0.146. The number of benzene rings is 1. The second-order valence-corrected chi connectivity index (χ2v) is 2.34. The Hall–Kier alpha value is -1.91. The lowest BCUT2D eigenvalue weighted by atomic mass is 10.2. The molecule has 0 radical (unpaired) electrons. The van der Waals surface area contributed by atoms with E-state index in [1.165, 1.54) is 25.3 Å². The lowest BCUT2D eigenvalue weighted by molar-refractivity contribution is 0.1000. The summed E-state index contributed by atoms with van der Waals surface area (Å²) in [6.07, 6.45) is 0. The Bertz CT molecular complexity index is 349.